The first-order valence-corrected chi connectivity index (χ1v) is 9.68. The van der Waals surface area contributed by atoms with Crippen LogP contribution in [0.4, 0.5) is 13.2 Å². The van der Waals surface area contributed by atoms with E-state index in [1.54, 1.807) is 24.4 Å². The zero-order valence-electron chi connectivity index (χ0n) is 16.6. The number of halogens is 3. The topological polar surface area (TPSA) is 56.3 Å². The normalized spacial score (nSPS) is 14.1. The van der Waals surface area contributed by atoms with Crippen molar-refractivity contribution in [2.45, 2.75) is 31.9 Å². The van der Waals surface area contributed by atoms with Crippen LogP contribution in [0, 0.1) is 6.92 Å². The quantitative estimate of drug-likeness (QED) is 0.317. The van der Waals surface area contributed by atoms with E-state index in [1.807, 2.05) is 13.0 Å². The van der Waals surface area contributed by atoms with Gasteiger partial charge in [-0.1, -0.05) is 30.3 Å². The molecule has 2 aromatic carbocycles. The molecular weight excluding hydrogens is 407 g/mol. The lowest BCUT2D eigenvalue weighted by molar-refractivity contribution is -0.137. The monoisotopic (exact) mass is 425 g/mol. The molecular formula is C24H18F3NO3. The molecule has 4 rings (SSSR count). The summed E-state index contributed by atoms with van der Waals surface area (Å²) in [7, 11) is 0. The number of esters is 1. The van der Waals surface area contributed by atoms with Gasteiger partial charge >= 0.3 is 12.1 Å². The van der Waals surface area contributed by atoms with E-state index in [2.05, 4.69) is 4.98 Å². The lowest BCUT2D eigenvalue weighted by Gasteiger charge is -2.19. The third-order valence-electron chi connectivity index (χ3n) is 5.36. The van der Waals surface area contributed by atoms with Crippen molar-refractivity contribution in [1.29, 1.82) is 0 Å². The molecule has 0 saturated carbocycles. The van der Waals surface area contributed by atoms with E-state index in [0.29, 0.717) is 22.6 Å². The van der Waals surface area contributed by atoms with E-state index in [0.717, 1.165) is 23.3 Å². The molecule has 0 unspecified atom stereocenters. The summed E-state index contributed by atoms with van der Waals surface area (Å²) in [5.74, 6) is -0.741. The number of fused-ring (bicyclic) bond motifs is 1. The highest BCUT2D eigenvalue weighted by Crippen LogP contribution is 2.35. The van der Waals surface area contributed by atoms with Gasteiger partial charge in [-0.25, -0.2) is 0 Å². The SMILES string of the molecule is Cc1cccnc1[C@@H](CC(=O)c1ccc2c(c1)OC(=O)C2)c1ccc(C(F)(F)F)cc1. The van der Waals surface area contributed by atoms with Crippen LogP contribution in [0.1, 0.15) is 50.6 Å². The second-order valence-electron chi connectivity index (χ2n) is 7.48. The first-order chi connectivity index (χ1) is 14.7. The summed E-state index contributed by atoms with van der Waals surface area (Å²) in [6, 6.07) is 13.3. The van der Waals surface area contributed by atoms with Gasteiger partial charge in [0.05, 0.1) is 17.7 Å². The molecule has 0 amide bonds. The maximum atomic E-state index is 13.1. The summed E-state index contributed by atoms with van der Waals surface area (Å²) in [5, 5.41) is 0. The van der Waals surface area contributed by atoms with Gasteiger partial charge in [0.1, 0.15) is 5.75 Å². The van der Waals surface area contributed by atoms with Crippen LogP contribution in [-0.4, -0.2) is 16.7 Å². The number of carbonyl (C=O) groups excluding carboxylic acids is 2. The number of ether oxygens (including phenoxy) is 1. The van der Waals surface area contributed by atoms with Crippen LogP contribution >= 0.6 is 0 Å². The Hall–Kier alpha value is -3.48. The molecule has 0 saturated heterocycles. The number of aromatic nitrogens is 1. The fourth-order valence-corrected chi connectivity index (χ4v) is 3.73. The fraction of sp³-hybridized carbons (Fsp3) is 0.208. The number of nitrogens with zero attached hydrogens (tertiary/aromatic N) is 1. The number of alkyl halides is 3. The van der Waals surface area contributed by atoms with Crippen molar-refractivity contribution in [2.75, 3.05) is 0 Å². The van der Waals surface area contributed by atoms with E-state index in [4.69, 9.17) is 4.74 Å². The van der Waals surface area contributed by atoms with Crippen LogP contribution in [-0.2, 0) is 17.4 Å². The zero-order chi connectivity index (χ0) is 22.2. The molecule has 1 aliphatic heterocycles. The van der Waals surface area contributed by atoms with E-state index in [1.165, 1.54) is 18.2 Å². The Labute approximate surface area is 176 Å². The van der Waals surface area contributed by atoms with Crippen molar-refractivity contribution >= 4 is 11.8 Å². The zero-order valence-corrected chi connectivity index (χ0v) is 16.6. The van der Waals surface area contributed by atoms with Crippen LogP contribution in [0.25, 0.3) is 0 Å². The molecule has 1 aliphatic rings. The Balaban J connectivity index is 1.67. The molecule has 0 fully saturated rings. The van der Waals surface area contributed by atoms with E-state index in [-0.39, 0.29) is 24.6 Å². The second-order valence-corrected chi connectivity index (χ2v) is 7.48. The van der Waals surface area contributed by atoms with Crippen LogP contribution < -0.4 is 4.74 Å². The number of aryl methyl sites for hydroxylation is 1. The van der Waals surface area contributed by atoms with Gasteiger partial charge in [-0.2, -0.15) is 13.2 Å². The highest BCUT2D eigenvalue weighted by atomic mass is 19.4. The predicted octanol–water partition coefficient (Wildman–Crippen LogP) is 5.28. The summed E-state index contributed by atoms with van der Waals surface area (Å²) in [6.45, 7) is 1.85. The van der Waals surface area contributed by atoms with Crippen LogP contribution in [0.3, 0.4) is 0 Å². The molecule has 0 N–H and O–H groups in total. The summed E-state index contributed by atoms with van der Waals surface area (Å²) in [4.78, 5) is 28.9. The highest BCUT2D eigenvalue weighted by Gasteiger charge is 2.31. The van der Waals surface area contributed by atoms with Crippen molar-refractivity contribution in [3.05, 3.63) is 94.3 Å². The molecule has 0 aliphatic carbocycles. The number of hydrogen-bond acceptors (Lipinski definition) is 4. The van der Waals surface area contributed by atoms with Crippen molar-refractivity contribution in [3.8, 4) is 5.75 Å². The molecule has 7 heteroatoms. The smallest absolute Gasteiger partial charge is 0.416 e. The third-order valence-corrected chi connectivity index (χ3v) is 5.36. The summed E-state index contributed by atoms with van der Waals surface area (Å²) < 4.78 is 44.0. The number of benzene rings is 2. The Bertz CT molecular complexity index is 1150. The number of pyridine rings is 1. The van der Waals surface area contributed by atoms with Crippen molar-refractivity contribution in [3.63, 3.8) is 0 Å². The summed E-state index contributed by atoms with van der Waals surface area (Å²) >= 11 is 0. The molecule has 2 heterocycles. The van der Waals surface area contributed by atoms with Crippen molar-refractivity contribution in [2.24, 2.45) is 0 Å². The Morgan fingerprint density at radius 3 is 2.55 bits per heavy atom. The van der Waals surface area contributed by atoms with Crippen molar-refractivity contribution in [1.82, 2.24) is 4.98 Å². The fourth-order valence-electron chi connectivity index (χ4n) is 3.73. The molecule has 1 aromatic heterocycles. The van der Waals surface area contributed by atoms with Gasteiger partial charge in [0, 0.05) is 29.7 Å². The molecule has 0 bridgehead atoms. The third kappa shape index (κ3) is 4.35. The average molecular weight is 425 g/mol. The molecule has 4 nitrogen and oxygen atoms in total. The van der Waals surface area contributed by atoms with Gasteiger partial charge in [-0.3, -0.25) is 14.6 Å². The molecule has 3 aromatic rings. The van der Waals surface area contributed by atoms with E-state index in [9.17, 15) is 22.8 Å². The van der Waals surface area contributed by atoms with Gasteiger partial charge in [-0.05, 0) is 42.3 Å². The van der Waals surface area contributed by atoms with Crippen LogP contribution in [0.5, 0.6) is 5.75 Å². The molecule has 1 atom stereocenters. The van der Waals surface area contributed by atoms with Crippen molar-refractivity contribution < 1.29 is 27.5 Å². The lowest BCUT2D eigenvalue weighted by Crippen LogP contribution is -2.13. The minimum Gasteiger partial charge on any atom is -0.426 e. The Morgan fingerprint density at radius 2 is 1.87 bits per heavy atom. The minimum atomic E-state index is -4.44. The van der Waals surface area contributed by atoms with E-state index < -0.39 is 17.7 Å². The number of carbonyl (C=O) groups is 2. The predicted molar refractivity (Wildman–Crippen MR) is 107 cm³/mol. The Morgan fingerprint density at radius 1 is 1.13 bits per heavy atom. The second kappa shape index (κ2) is 7.98. The molecule has 0 radical (unpaired) electrons. The molecule has 0 spiro atoms. The molecule has 31 heavy (non-hydrogen) atoms. The van der Waals surface area contributed by atoms with Gasteiger partial charge in [0.25, 0.3) is 0 Å². The largest absolute Gasteiger partial charge is 0.426 e. The first kappa shape index (κ1) is 20.8. The highest BCUT2D eigenvalue weighted by molar-refractivity contribution is 5.98. The number of ketones is 1. The number of Topliss-reactive ketones (excluding diaryl/α,β-unsaturated/α-hetero) is 1. The summed E-state index contributed by atoms with van der Waals surface area (Å²) in [6.07, 6.45) is -2.66. The standard InChI is InChI=1S/C24H18F3NO3/c1-14-3-2-10-28-23(14)19(15-6-8-18(9-7-15)24(25,26)27)13-20(29)16-4-5-17-12-22(30)31-21(17)11-16/h2-11,19H,12-13H2,1H3/t19-/m0/s1. The van der Waals surface area contributed by atoms with Gasteiger partial charge in [-0.15, -0.1) is 0 Å². The Kier molecular flexibility index (Phi) is 5.35. The first-order valence-electron chi connectivity index (χ1n) is 9.68. The number of hydrogen-bond donors (Lipinski definition) is 0. The van der Waals surface area contributed by atoms with Gasteiger partial charge in [0.15, 0.2) is 5.78 Å². The van der Waals surface area contributed by atoms with Gasteiger partial charge in [0.2, 0.25) is 0 Å². The summed E-state index contributed by atoms with van der Waals surface area (Å²) in [5.41, 5.74) is 2.38. The van der Waals surface area contributed by atoms with Gasteiger partial charge < -0.3 is 4.74 Å². The van der Waals surface area contributed by atoms with Crippen LogP contribution in [0.2, 0.25) is 0 Å². The molecule has 158 valence electrons. The lowest BCUT2D eigenvalue weighted by atomic mass is 9.86. The average Bonchev–Trinajstić information content (AvgIpc) is 3.11. The van der Waals surface area contributed by atoms with E-state index >= 15 is 0 Å². The maximum absolute atomic E-state index is 13.1. The van der Waals surface area contributed by atoms with Crippen LogP contribution in [0.15, 0.2) is 60.8 Å². The maximum Gasteiger partial charge on any atom is 0.416 e. The minimum absolute atomic E-state index is 0.00987. The number of rotatable bonds is 5.